The van der Waals surface area contributed by atoms with Crippen molar-refractivity contribution < 1.29 is 17.9 Å². The van der Waals surface area contributed by atoms with Crippen LogP contribution in [0.4, 0.5) is 4.79 Å². The second kappa shape index (κ2) is 9.26. The number of likely N-dealkylation sites (tertiary alicyclic amines) is 1. The summed E-state index contributed by atoms with van der Waals surface area (Å²) in [4.78, 5) is 18.3. The third-order valence-corrected chi connectivity index (χ3v) is 5.33. The third-order valence-electron chi connectivity index (χ3n) is 3.65. The summed E-state index contributed by atoms with van der Waals surface area (Å²) in [7, 11) is -3.02. The molecule has 0 spiro atoms. The SMILES string of the molecule is CCNC(=NCCS(=O)(=O)CC)N1CCC(NC(=O)OC(C)(C)C)C1. The fraction of sp³-hybridized carbons (Fsp3) is 0.875. The van der Waals surface area contributed by atoms with Crippen LogP contribution in [0.15, 0.2) is 4.99 Å². The Morgan fingerprint density at radius 1 is 1.32 bits per heavy atom. The number of ether oxygens (including phenoxy) is 1. The number of hydrogen-bond donors (Lipinski definition) is 2. The summed E-state index contributed by atoms with van der Waals surface area (Å²) in [6.07, 6.45) is 0.368. The van der Waals surface area contributed by atoms with Gasteiger partial charge in [-0.25, -0.2) is 13.2 Å². The molecule has 1 heterocycles. The largest absolute Gasteiger partial charge is 0.444 e. The van der Waals surface area contributed by atoms with Gasteiger partial charge in [0, 0.05) is 25.4 Å². The van der Waals surface area contributed by atoms with Gasteiger partial charge in [0.05, 0.1) is 18.3 Å². The van der Waals surface area contributed by atoms with Crippen molar-refractivity contribution in [3.63, 3.8) is 0 Å². The monoisotopic (exact) mass is 376 g/mol. The second-order valence-electron chi connectivity index (χ2n) is 7.05. The van der Waals surface area contributed by atoms with Crippen LogP contribution in [0.2, 0.25) is 0 Å². The number of nitrogens with one attached hydrogen (secondary N) is 2. The molecule has 0 radical (unpaired) electrons. The summed E-state index contributed by atoms with van der Waals surface area (Å²) < 4.78 is 28.4. The van der Waals surface area contributed by atoms with E-state index in [-0.39, 0.29) is 24.1 Å². The number of sulfone groups is 1. The van der Waals surface area contributed by atoms with Crippen molar-refractivity contribution >= 4 is 21.9 Å². The van der Waals surface area contributed by atoms with Gasteiger partial charge in [0.25, 0.3) is 0 Å². The van der Waals surface area contributed by atoms with E-state index in [9.17, 15) is 13.2 Å². The smallest absolute Gasteiger partial charge is 0.407 e. The first-order chi connectivity index (χ1) is 11.6. The molecule has 1 aliphatic rings. The lowest BCUT2D eigenvalue weighted by Gasteiger charge is -2.23. The first kappa shape index (κ1) is 21.5. The first-order valence-electron chi connectivity index (χ1n) is 8.79. The Bertz CT molecular complexity index is 569. The predicted octanol–water partition coefficient (Wildman–Crippen LogP) is 0.986. The van der Waals surface area contributed by atoms with Gasteiger partial charge in [0.2, 0.25) is 0 Å². The van der Waals surface area contributed by atoms with Crippen molar-refractivity contribution in [2.75, 3.05) is 37.7 Å². The molecule has 9 heteroatoms. The highest BCUT2D eigenvalue weighted by molar-refractivity contribution is 7.91. The molecule has 1 atom stereocenters. The van der Waals surface area contributed by atoms with Crippen molar-refractivity contribution in [1.82, 2.24) is 15.5 Å². The summed E-state index contributed by atoms with van der Waals surface area (Å²) >= 11 is 0. The maximum Gasteiger partial charge on any atom is 0.407 e. The standard InChI is InChI=1S/C16H32N4O4S/c1-6-17-14(18-9-11-25(22,23)7-2)20-10-8-13(12-20)19-15(21)24-16(3,4)5/h13H,6-12H2,1-5H3,(H,17,18)(H,19,21). The highest BCUT2D eigenvalue weighted by Gasteiger charge is 2.27. The van der Waals surface area contributed by atoms with Crippen molar-refractivity contribution in [3.05, 3.63) is 0 Å². The van der Waals surface area contributed by atoms with E-state index in [1.807, 2.05) is 32.6 Å². The Morgan fingerprint density at radius 3 is 2.56 bits per heavy atom. The minimum atomic E-state index is -3.02. The number of nitrogens with zero attached hydrogens (tertiary/aromatic N) is 2. The lowest BCUT2D eigenvalue weighted by molar-refractivity contribution is 0.0507. The molecule has 1 fully saturated rings. The molecule has 0 bridgehead atoms. The minimum absolute atomic E-state index is 0.0157. The van der Waals surface area contributed by atoms with Gasteiger partial charge in [-0.15, -0.1) is 0 Å². The quantitative estimate of drug-likeness (QED) is 0.530. The molecule has 0 aliphatic carbocycles. The molecular weight excluding hydrogens is 344 g/mol. The Kier molecular flexibility index (Phi) is 7.98. The average molecular weight is 377 g/mol. The Morgan fingerprint density at radius 2 is 2.00 bits per heavy atom. The maximum absolute atomic E-state index is 11.9. The van der Waals surface area contributed by atoms with Gasteiger partial charge in [-0.2, -0.15) is 0 Å². The fourth-order valence-corrected chi connectivity index (χ4v) is 3.06. The molecule has 0 saturated carbocycles. The topological polar surface area (TPSA) is 100 Å². The van der Waals surface area contributed by atoms with E-state index in [2.05, 4.69) is 15.6 Å². The number of guanidine groups is 1. The Balaban J connectivity index is 2.58. The molecule has 1 saturated heterocycles. The van der Waals surface area contributed by atoms with Crippen LogP contribution in [0.5, 0.6) is 0 Å². The number of alkyl carbamates (subject to hydrolysis) is 1. The van der Waals surface area contributed by atoms with Gasteiger partial charge in [-0.3, -0.25) is 4.99 Å². The van der Waals surface area contributed by atoms with Crippen LogP contribution in [0, 0.1) is 0 Å². The molecule has 8 nitrogen and oxygen atoms in total. The van der Waals surface area contributed by atoms with Crippen molar-refractivity contribution in [2.45, 2.75) is 52.7 Å². The predicted molar refractivity (Wildman–Crippen MR) is 99.7 cm³/mol. The summed E-state index contributed by atoms with van der Waals surface area (Å²) in [6, 6.07) is -0.0157. The molecule has 1 aliphatic heterocycles. The van der Waals surface area contributed by atoms with E-state index in [4.69, 9.17) is 4.74 Å². The molecule has 2 N–H and O–H groups in total. The first-order valence-corrected chi connectivity index (χ1v) is 10.6. The number of carbonyl (C=O) groups is 1. The van der Waals surface area contributed by atoms with Crippen LogP contribution in [-0.4, -0.2) is 74.7 Å². The highest BCUT2D eigenvalue weighted by Crippen LogP contribution is 2.12. The van der Waals surface area contributed by atoms with E-state index >= 15 is 0 Å². The van der Waals surface area contributed by atoms with Crippen molar-refractivity contribution in [2.24, 2.45) is 4.99 Å². The van der Waals surface area contributed by atoms with Crippen LogP contribution >= 0.6 is 0 Å². The van der Waals surface area contributed by atoms with E-state index in [1.54, 1.807) is 6.92 Å². The van der Waals surface area contributed by atoms with E-state index in [1.165, 1.54) is 0 Å². The third kappa shape index (κ3) is 8.42. The molecule has 25 heavy (non-hydrogen) atoms. The van der Waals surface area contributed by atoms with E-state index in [0.29, 0.717) is 19.0 Å². The second-order valence-corrected chi connectivity index (χ2v) is 9.52. The number of carbonyl (C=O) groups excluding carboxylic acids is 1. The summed E-state index contributed by atoms with van der Waals surface area (Å²) in [5.41, 5.74) is -0.524. The zero-order valence-electron chi connectivity index (χ0n) is 16.0. The fourth-order valence-electron chi connectivity index (χ4n) is 2.41. The Labute approximate surface area is 151 Å². The molecule has 0 aromatic rings. The van der Waals surface area contributed by atoms with Crippen molar-refractivity contribution in [3.8, 4) is 0 Å². The molecule has 146 valence electrons. The number of aliphatic imine (C=N–C) groups is 1. The number of rotatable bonds is 6. The van der Waals surface area contributed by atoms with E-state index < -0.39 is 21.5 Å². The zero-order valence-corrected chi connectivity index (χ0v) is 16.8. The summed E-state index contributed by atoms with van der Waals surface area (Å²) in [5.74, 6) is 0.860. The number of hydrogen-bond acceptors (Lipinski definition) is 5. The van der Waals surface area contributed by atoms with Gasteiger partial charge in [0.1, 0.15) is 5.60 Å². The normalized spacial score (nSPS) is 19.0. The average Bonchev–Trinajstić information content (AvgIpc) is 2.92. The van der Waals surface area contributed by atoms with Gasteiger partial charge >= 0.3 is 6.09 Å². The van der Waals surface area contributed by atoms with Crippen LogP contribution in [0.1, 0.15) is 41.0 Å². The highest BCUT2D eigenvalue weighted by atomic mass is 32.2. The molecule has 0 aromatic heterocycles. The van der Waals surface area contributed by atoms with E-state index in [0.717, 1.165) is 13.0 Å². The van der Waals surface area contributed by atoms with Crippen LogP contribution in [-0.2, 0) is 14.6 Å². The van der Waals surface area contributed by atoms with Gasteiger partial charge in [0.15, 0.2) is 15.8 Å². The van der Waals surface area contributed by atoms with Crippen molar-refractivity contribution in [1.29, 1.82) is 0 Å². The Hall–Kier alpha value is -1.51. The minimum Gasteiger partial charge on any atom is -0.444 e. The molecule has 1 unspecified atom stereocenters. The summed E-state index contributed by atoms with van der Waals surface area (Å²) in [6.45, 7) is 11.4. The maximum atomic E-state index is 11.9. The van der Waals surface area contributed by atoms with Gasteiger partial charge in [-0.1, -0.05) is 6.92 Å². The van der Waals surface area contributed by atoms with Crippen LogP contribution in [0.3, 0.4) is 0 Å². The molecular formula is C16H32N4O4S. The van der Waals surface area contributed by atoms with Gasteiger partial charge in [-0.05, 0) is 34.1 Å². The molecule has 0 aromatic carbocycles. The lowest BCUT2D eigenvalue weighted by atomic mass is 10.2. The summed E-state index contributed by atoms with van der Waals surface area (Å²) in [5, 5.41) is 6.05. The number of amides is 1. The van der Waals surface area contributed by atoms with Crippen LogP contribution < -0.4 is 10.6 Å². The lowest BCUT2D eigenvalue weighted by Crippen LogP contribution is -2.44. The zero-order chi connectivity index (χ0) is 19.1. The molecule has 1 amide bonds. The molecule has 1 rings (SSSR count). The van der Waals surface area contributed by atoms with Gasteiger partial charge < -0.3 is 20.3 Å². The van der Waals surface area contributed by atoms with Crippen LogP contribution in [0.25, 0.3) is 0 Å².